The third-order valence-electron chi connectivity index (χ3n) is 3.03. The number of anilines is 1. The Balaban J connectivity index is 2.31. The number of hydrogen-bond donors (Lipinski definition) is 1. The van der Waals surface area contributed by atoms with Crippen LogP contribution >= 0.6 is 23.2 Å². The molecular weight excluding hydrogens is 281 g/mol. The summed E-state index contributed by atoms with van der Waals surface area (Å²) in [6.07, 6.45) is 1.90. The minimum absolute atomic E-state index is 0.469. The predicted molar refractivity (Wildman–Crippen MR) is 79.8 cm³/mol. The monoisotopic (exact) mass is 291 g/mol. The van der Waals surface area contributed by atoms with Gasteiger partial charge in [-0.3, -0.25) is 4.40 Å². The summed E-state index contributed by atoms with van der Waals surface area (Å²) in [7, 11) is 0. The second-order valence-corrected chi connectivity index (χ2v) is 5.16. The molecule has 0 saturated carbocycles. The highest BCUT2D eigenvalue weighted by Gasteiger charge is 2.15. The number of benzene rings is 1. The van der Waals surface area contributed by atoms with E-state index < -0.39 is 0 Å². The highest BCUT2D eigenvalue weighted by molar-refractivity contribution is 6.43. The molecule has 0 radical (unpaired) electrons. The molecule has 2 N–H and O–H groups in total. The summed E-state index contributed by atoms with van der Waals surface area (Å²) < 4.78 is 1.83. The summed E-state index contributed by atoms with van der Waals surface area (Å²) >= 11 is 12.3. The molecule has 2 heterocycles. The molecular formula is C14H11Cl2N3. The number of halogens is 2. The molecule has 5 heteroatoms. The van der Waals surface area contributed by atoms with Crippen molar-refractivity contribution in [2.75, 3.05) is 5.73 Å². The van der Waals surface area contributed by atoms with Crippen LogP contribution in [0.25, 0.3) is 16.9 Å². The Kier molecular flexibility index (Phi) is 2.88. The maximum atomic E-state index is 6.22. The first-order valence-electron chi connectivity index (χ1n) is 5.76. The molecule has 19 heavy (non-hydrogen) atoms. The molecule has 0 amide bonds. The van der Waals surface area contributed by atoms with E-state index in [1.165, 1.54) is 0 Å². The number of nitrogens with two attached hydrogens (primary N) is 1. The number of fused-ring (bicyclic) bond motifs is 1. The van der Waals surface area contributed by atoms with E-state index in [4.69, 9.17) is 28.9 Å². The molecule has 1 aromatic carbocycles. The van der Waals surface area contributed by atoms with Gasteiger partial charge in [0.15, 0.2) is 0 Å². The molecule has 0 bridgehead atoms. The number of pyridine rings is 1. The Labute approximate surface area is 120 Å². The Morgan fingerprint density at radius 2 is 2.00 bits per heavy atom. The molecule has 2 aromatic heterocycles. The van der Waals surface area contributed by atoms with Gasteiger partial charge in [-0.05, 0) is 30.7 Å². The normalized spacial score (nSPS) is 11.1. The Morgan fingerprint density at radius 3 is 2.79 bits per heavy atom. The lowest BCUT2D eigenvalue weighted by atomic mass is 10.1. The van der Waals surface area contributed by atoms with Gasteiger partial charge >= 0.3 is 0 Å². The van der Waals surface area contributed by atoms with Crippen LogP contribution in [0, 0.1) is 6.92 Å². The van der Waals surface area contributed by atoms with Crippen molar-refractivity contribution in [3.05, 3.63) is 52.1 Å². The maximum absolute atomic E-state index is 6.22. The Morgan fingerprint density at radius 1 is 1.21 bits per heavy atom. The van der Waals surface area contributed by atoms with Crippen LogP contribution in [0.4, 0.5) is 5.82 Å². The van der Waals surface area contributed by atoms with Gasteiger partial charge in [0.2, 0.25) is 0 Å². The van der Waals surface area contributed by atoms with E-state index >= 15 is 0 Å². The summed E-state index contributed by atoms with van der Waals surface area (Å²) in [5.41, 5.74) is 9.45. The number of nitrogen functional groups attached to an aromatic ring is 1. The predicted octanol–water partition coefficient (Wildman–Crippen LogP) is 4.20. The van der Waals surface area contributed by atoms with Crippen molar-refractivity contribution in [1.82, 2.24) is 9.38 Å². The van der Waals surface area contributed by atoms with E-state index in [9.17, 15) is 0 Å². The van der Waals surface area contributed by atoms with E-state index in [0.717, 1.165) is 16.8 Å². The SMILES string of the molecule is Cc1ccn2c(N)c(-c3cccc(Cl)c3Cl)nc2c1. The zero-order valence-corrected chi connectivity index (χ0v) is 11.7. The maximum Gasteiger partial charge on any atom is 0.139 e. The van der Waals surface area contributed by atoms with Crippen LogP contribution in [-0.2, 0) is 0 Å². The van der Waals surface area contributed by atoms with E-state index in [1.807, 2.05) is 41.8 Å². The van der Waals surface area contributed by atoms with Gasteiger partial charge in [0.05, 0.1) is 10.0 Å². The van der Waals surface area contributed by atoms with Crippen molar-refractivity contribution in [2.24, 2.45) is 0 Å². The van der Waals surface area contributed by atoms with Crippen LogP contribution in [0.15, 0.2) is 36.5 Å². The van der Waals surface area contributed by atoms with Crippen LogP contribution in [0.2, 0.25) is 10.0 Å². The van der Waals surface area contributed by atoms with Crippen molar-refractivity contribution < 1.29 is 0 Å². The van der Waals surface area contributed by atoms with Crippen molar-refractivity contribution >= 4 is 34.7 Å². The molecule has 3 nitrogen and oxygen atoms in total. The summed E-state index contributed by atoms with van der Waals surface area (Å²) in [6.45, 7) is 2.01. The Bertz CT molecular complexity index is 778. The first kappa shape index (κ1) is 12.3. The van der Waals surface area contributed by atoms with Crippen LogP contribution in [0.5, 0.6) is 0 Å². The molecule has 0 atom stereocenters. The smallest absolute Gasteiger partial charge is 0.139 e. The molecule has 3 aromatic rings. The highest BCUT2D eigenvalue weighted by Crippen LogP contribution is 2.36. The molecule has 3 rings (SSSR count). The van der Waals surface area contributed by atoms with Crippen molar-refractivity contribution in [3.8, 4) is 11.3 Å². The summed E-state index contributed by atoms with van der Waals surface area (Å²) in [6, 6.07) is 9.38. The molecule has 96 valence electrons. The lowest BCUT2D eigenvalue weighted by Gasteiger charge is -2.03. The van der Waals surface area contributed by atoms with Crippen molar-refractivity contribution in [1.29, 1.82) is 0 Å². The number of hydrogen-bond acceptors (Lipinski definition) is 2. The molecule has 0 fully saturated rings. The van der Waals surface area contributed by atoms with E-state index in [0.29, 0.717) is 21.6 Å². The minimum atomic E-state index is 0.469. The van der Waals surface area contributed by atoms with Crippen LogP contribution < -0.4 is 5.73 Å². The van der Waals surface area contributed by atoms with Crippen LogP contribution in [0.3, 0.4) is 0 Å². The first-order valence-corrected chi connectivity index (χ1v) is 6.52. The highest BCUT2D eigenvalue weighted by atomic mass is 35.5. The number of aromatic nitrogens is 2. The van der Waals surface area contributed by atoms with E-state index in [2.05, 4.69) is 4.98 Å². The average molecular weight is 292 g/mol. The van der Waals surface area contributed by atoms with E-state index in [1.54, 1.807) is 6.07 Å². The third-order valence-corrected chi connectivity index (χ3v) is 3.84. The summed E-state index contributed by atoms with van der Waals surface area (Å²) in [5, 5.41) is 0.961. The van der Waals surface area contributed by atoms with Crippen LogP contribution in [-0.4, -0.2) is 9.38 Å². The molecule has 0 aliphatic carbocycles. The Hall–Kier alpha value is -1.71. The summed E-state index contributed by atoms with van der Waals surface area (Å²) in [4.78, 5) is 4.54. The second kappa shape index (κ2) is 4.44. The molecule has 0 spiro atoms. The standard InChI is InChI=1S/C14H11Cl2N3/c1-8-5-6-19-11(7-8)18-13(14(19)17)9-3-2-4-10(15)12(9)16/h2-7H,17H2,1H3. The second-order valence-electron chi connectivity index (χ2n) is 4.38. The van der Waals surface area contributed by atoms with Gasteiger partial charge in [0, 0.05) is 11.8 Å². The van der Waals surface area contributed by atoms with Gasteiger partial charge < -0.3 is 5.73 Å². The number of nitrogens with zero attached hydrogens (tertiary/aromatic N) is 2. The fraction of sp³-hybridized carbons (Fsp3) is 0.0714. The van der Waals surface area contributed by atoms with Gasteiger partial charge in [0.1, 0.15) is 17.2 Å². The number of imidazole rings is 1. The van der Waals surface area contributed by atoms with E-state index in [-0.39, 0.29) is 0 Å². The van der Waals surface area contributed by atoms with Crippen molar-refractivity contribution in [2.45, 2.75) is 6.92 Å². The molecule has 0 aliphatic rings. The fourth-order valence-corrected chi connectivity index (χ4v) is 2.44. The lowest BCUT2D eigenvalue weighted by molar-refractivity contribution is 1.18. The van der Waals surface area contributed by atoms with Gasteiger partial charge in [-0.2, -0.15) is 0 Å². The molecule has 0 aliphatic heterocycles. The number of rotatable bonds is 1. The zero-order valence-electron chi connectivity index (χ0n) is 10.2. The van der Waals surface area contributed by atoms with Crippen molar-refractivity contribution in [3.63, 3.8) is 0 Å². The van der Waals surface area contributed by atoms with Crippen LogP contribution in [0.1, 0.15) is 5.56 Å². The quantitative estimate of drug-likeness (QED) is 0.730. The minimum Gasteiger partial charge on any atom is -0.383 e. The molecule has 0 saturated heterocycles. The zero-order chi connectivity index (χ0) is 13.6. The lowest BCUT2D eigenvalue weighted by Crippen LogP contribution is -1.94. The number of aryl methyl sites for hydroxylation is 1. The van der Waals surface area contributed by atoms with Gasteiger partial charge in [-0.1, -0.05) is 35.3 Å². The summed E-state index contributed by atoms with van der Waals surface area (Å²) in [5.74, 6) is 0.555. The topological polar surface area (TPSA) is 43.3 Å². The third kappa shape index (κ3) is 1.95. The van der Waals surface area contributed by atoms with Gasteiger partial charge in [0.25, 0.3) is 0 Å². The average Bonchev–Trinajstić information content (AvgIpc) is 2.69. The first-order chi connectivity index (χ1) is 9.08. The fourth-order valence-electron chi connectivity index (χ4n) is 2.05. The molecule has 0 unspecified atom stereocenters. The van der Waals surface area contributed by atoms with Gasteiger partial charge in [-0.15, -0.1) is 0 Å². The van der Waals surface area contributed by atoms with Gasteiger partial charge in [-0.25, -0.2) is 4.98 Å². The largest absolute Gasteiger partial charge is 0.383 e.